The molecule has 21 heavy (non-hydrogen) atoms. The molecule has 0 spiro atoms. The first kappa shape index (κ1) is 17.0. The van der Waals surface area contributed by atoms with Crippen LogP contribution in [0.15, 0.2) is 24.3 Å². The van der Waals surface area contributed by atoms with Crippen molar-refractivity contribution in [3.8, 4) is 5.75 Å². The molecule has 116 valence electrons. The first-order valence-corrected chi connectivity index (χ1v) is 7.17. The molecule has 2 N–H and O–H groups in total. The van der Waals surface area contributed by atoms with Crippen LogP contribution in [0.5, 0.6) is 5.75 Å². The summed E-state index contributed by atoms with van der Waals surface area (Å²) in [6, 6.07) is 6.83. The maximum atomic E-state index is 11.9. The van der Waals surface area contributed by atoms with Gasteiger partial charge in [-0.1, -0.05) is 20.8 Å². The average molecular weight is 293 g/mol. The van der Waals surface area contributed by atoms with E-state index in [4.69, 9.17) is 9.84 Å². The Morgan fingerprint density at radius 3 is 2.33 bits per heavy atom. The van der Waals surface area contributed by atoms with Gasteiger partial charge in [0.25, 0.3) is 5.91 Å². The van der Waals surface area contributed by atoms with Gasteiger partial charge in [0, 0.05) is 12.1 Å². The van der Waals surface area contributed by atoms with Gasteiger partial charge in [0.2, 0.25) is 0 Å². The van der Waals surface area contributed by atoms with E-state index in [1.807, 2.05) is 0 Å². The number of aliphatic carboxylic acids is 1. The third kappa shape index (κ3) is 5.85. The van der Waals surface area contributed by atoms with Crippen molar-refractivity contribution < 1.29 is 19.4 Å². The van der Waals surface area contributed by atoms with Crippen molar-refractivity contribution in [1.82, 2.24) is 5.32 Å². The number of carbonyl (C=O) groups excluding carboxylic acids is 1. The lowest BCUT2D eigenvalue weighted by Gasteiger charge is -2.12. The Morgan fingerprint density at radius 1 is 1.24 bits per heavy atom. The largest absolute Gasteiger partial charge is 0.493 e. The maximum absolute atomic E-state index is 11.9. The highest BCUT2D eigenvalue weighted by molar-refractivity contribution is 5.94. The van der Waals surface area contributed by atoms with Crippen molar-refractivity contribution in [1.29, 1.82) is 0 Å². The molecule has 1 aromatic rings. The number of carboxylic acid groups (broad SMARTS) is 1. The maximum Gasteiger partial charge on any atom is 0.308 e. The second kappa shape index (κ2) is 8.29. The van der Waals surface area contributed by atoms with Gasteiger partial charge in [-0.25, -0.2) is 0 Å². The topological polar surface area (TPSA) is 75.6 Å². The van der Waals surface area contributed by atoms with Gasteiger partial charge in [0.1, 0.15) is 5.75 Å². The van der Waals surface area contributed by atoms with Crippen molar-refractivity contribution in [3.63, 3.8) is 0 Å². The van der Waals surface area contributed by atoms with E-state index in [1.54, 1.807) is 31.2 Å². The number of nitrogens with one attached hydrogen (secondary N) is 1. The lowest BCUT2D eigenvalue weighted by Crippen LogP contribution is -2.32. The van der Waals surface area contributed by atoms with Gasteiger partial charge in [0.15, 0.2) is 0 Å². The Kier molecular flexibility index (Phi) is 6.72. The van der Waals surface area contributed by atoms with Gasteiger partial charge >= 0.3 is 5.97 Å². The van der Waals surface area contributed by atoms with Gasteiger partial charge in [-0.15, -0.1) is 0 Å². The molecule has 1 unspecified atom stereocenters. The summed E-state index contributed by atoms with van der Waals surface area (Å²) in [5.41, 5.74) is 0.493. The predicted octanol–water partition coefficient (Wildman–Crippen LogP) is 2.56. The number of carbonyl (C=O) groups is 2. The molecule has 5 nitrogen and oxygen atoms in total. The highest BCUT2D eigenvalue weighted by Gasteiger charge is 2.16. The molecule has 0 aliphatic heterocycles. The Hall–Kier alpha value is -2.04. The fourth-order valence-corrected chi connectivity index (χ4v) is 1.69. The fourth-order valence-electron chi connectivity index (χ4n) is 1.69. The third-order valence-electron chi connectivity index (χ3n) is 3.05. The van der Waals surface area contributed by atoms with Crippen LogP contribution >= 0.6 is 0 Å². The first-order chi connectivity index (χ1) is 9.93. The number of rotatable bonds is 8. The molecule has 1 atom stereocenters. The van der Waals surface area contributed by atoms with Gasteiger partial charge in [-0.05, 0) is 36.6 Å². The Labute approximate surface area is 125 Å². The zero-order valence-electron chi connectivity index (χ0n) is 12.8. The number of ether oxygens (including phenoxy) is 1. The monoisotopic (exact) mass is 293 g/mol. The van der Waals surface area contributed by atoms with Crippen molar-refractivity contribution in [3.05, 3.63) is 29.8 Å². The minimum Gasteiger partial charge on any atom is -0.493 e. The van der Waals surface area contributed by atoms with Crippen molar-refractivity contribution in [2.45, 2.75) is 27.2 Å². The van der Waals surface area contributed by atoms with Crippen LogP contribution in [0.2, 0.25) is 0 Å². The van der Waals surface area contributed by atoms with Crippen LogP contribution < -0.4 is 10.1 Å². The summed E-state index contributed by atoms with van der Waals surface area (Å²) in [4.78, 5) is 22.8. The number of carboxylic acids is 1. The molecule has 0 radical (unpaired) electrons. The average Bonchev–Trinajstić information content (AvgIpc) is 2.45. The molecule has 0 aliphatic carbocycles. The van der Waals surface area contributed by atoms with E-state index < -0.39 is 11.9 Å². The molecule has 0 aromatic heterocycles. The van der Waals surface area contributed by atoms with Crippen LogP contribution in [0, 0.1) is 11.8 Å². The molecule has 1 rings (SSSR count). The van der Waals surface area contributed by atoms with Gasteiger partial charge in [-0.3, -0.25) is 9.59 Å². The van der Waals surface area contributed by atoms with Crippen LogP contribution in [0.1, 0.15) is 37.6 Å². The number of amides is 1. The lowest BCUT2D eigenvalue weighted by atomic mass is 10.1. The van der Waals surface area contributed by atoms with Crippen LogP contribution in [-0.2, 0) is 4.79 Å². The minimum atomic E-state index is -0.893. The first-order valence-electron chi connectivity index (χ1n) is 7.17. The van der Waals surface area contributed by atoms with E-state index >= 15 is 0 Å². The quantitative estimate of drug-likeness (QED) is 0.772. The molecular formula is C16H23NO4. The summed E-state index contributed by atoms with van der Waals surface area (Å²) < 4.78 is 5.54. The third-order valence-corrected chi connectivity index (χ3v) is 3.05. The van der Waals surface area contributed by atoms with Gasteiger partial charge in [-0.2, -0.15) is 0 Å². The van der Waals surface area contributed by atoms with E-state index in [-0.39, 0.29) is 12.5 Å². The molecule has 1 amide bonds. The second-order valence-electron chi connectivity index (χ2n) is 5.38. The van der Waals surface area contributed by atoms with Crippen LogP contribution in [0.4, 0.5) is 0 Å². The summed E-state index contributed by atoms with van der Waals surface area (Å²) in [6.07, 6.45) is 0.484. The van der Waals surface area contributed by atoms with E-state index in [2.05, 4.69) is 19.2 Å². The van der Waals surface area contributed by atoms with E-state index in [1.165, 1.54) is 0 Å². The van der Waals surface area contributed by atoms with Crippen molar-refractivity contribution in [2.24, 2.45) is 11.8 Å². The number of hydrogen-bond donors (Lipinski definition) is 2. The SMILES string of the molecule is CCC(CNC(=O)c1ccc(OCC(C)C)cc1)C(=O)O. The van der Waals surface area contributed by atoms with Gasteiger partial charge in [0.05, 0.1) is 12.5 Å². The Morgan fingerprint density at radius 2 is 1.86 bits per heavy atom. The fraction of sp³-hybridized carbons (Fsp3) is 0.500. The zero-order chi connectivity index (χ0) is 15.8. The molecule has 0 saturated carbocycles. The summed E-state index contributed by atoms with van der Waals surface area (Å²) in [7, 11) is 0. The van der Waals surface area contributed by atoms with Gasteiger partial charge < -0.3 is 15.2 Å². The highest BCUT2D eigenvalue weighted by atomic mass is 16.5. The summed E-state index contributed by atoms with van der Waals surface area (Å²) in [5, 5.41) is 11.6. The van der Waals surface area contributed by atoms with Crippen LogP contribution in [0.3, 0.4) is 0 Å². The smallest absolute Gasteiger partial charge is 0.308 e. The lowest BCUT2D eigenvalue weighted by molar-refractivity contribution is -0.141. The number of benzene rings is 1. The predicted molar refractivity (Wildman–Crippen MR) is 80.5 cm³/mol. The zero-order valence-corrected chi connectivity index (χ0v) is 12.8. The number of hydrogen-bond acceptors (Lipinski definition) is 3. The normalized spacial score (nSPS) is 12.0. The molecule has 0 saturated heterocycles. The van der Waals surface area contributed by atoms with Crippen molar-refractivity contribution >= 4 is 11.9 Å². The summed E-state index contributed by atoms with van der Waals surface area (Å²) >= 11 is 0. The summed E-state index contributed by atoms with van der Waals surface area (Å²) in [6.45, 7) is 6.67. The molecular weight excluding hydrogens is 270 g/mol. The standard InChI is InChI=1S/C16H23NO4/c1-4-12(16(19)20)9-17-15(18)13-5-7-14(8-6-13)21-10-11(2)3/h5-8,11-12H,4,9-10H2,1-3H3,(H,17,18)(H,19,20). The van der Waals surface area contributed by atoms with E-state index in [0.717, 1.165) is 5.75 Å². The molecule has 0 bridgehead atoms. The molecule has 1 aromatic carbocycles. The Bertz CT molecular complexity index is 468. The highest BCUT2D eigenvalue weighted by Crippen LogP contribution is 2.13. The van der Waals surface area contributed by atoms with Crippen LogP contribution in [0.25, 0.3) is 0 Å². The van der Waals surface area contributed by atoms with Crippen LogP contribution in [-0.4, -0.2) is 30.1 Å². The minimum absolute atomic E-state index is 0.135. The van der Waals surface area contributed by atoms with E-state index in [9.17, 15) is 9.59 Å². The Balaban J connectivity index is 2.53. The van der Waals surface area contributed by atoms with E-state index in [0.29, 0.717) is 24.5 Å². The molecule has 0 fully saturated rings. The second-order valence-corrected chi connectivity index (χ2v) is 5.38. The molecule has 5 heteroatoms. The van der Waals surface area contributed by atoms with Crippen molar-refractivity contribution in [2.75, 3.05) is 13.2 Å². The summed E-state index contributed by atoms with van der Waals surface area (Å²) in [5.74, 6) is -0.560. The molecule has 0 heterocycles. The molecule has 0 aliphatic rings.